The van der Waals surface area contributed by atoms with E-state index in [4.69, 9.17) is 19.9 Å². The molecule has 2 aliphatic heterocycles. The zero-order chi connectivity index (χ0) is 22.2. The van der Waals surface area contributed by atoms with Crippen LogP contribution in [0.3, 0.4) is 0 Å². The van der Waals surface area contributed by atoms with Crippen LogP contribution < -0.4 is 25.5 Å². The van der Waals surface area contributed by atoms with Crippen molar-refractivity contribution in [1.82, 2.24) is 4.57 Å². The summed E-state index contributed by atoms with van der Waals surface area (Å²) in [4.78, 5) is 13.7. The van der Waals surface area contributed by atoms with Crippen LogP contribution in [0.5, 0.6) is 17.2 Å². The topological polar surface area (TPSA) is 99.5 Å². The Bertz CT molecular complexity index is 1340. The maximum atomic E-state index is 13.7. The number of nitrogens with two attached hydrogens (primary N) is 1. The first-order valence-electron chi connectivity index (χ1n) is 10.3. The molecule has 0 unspecified atom stereocenters. The third-order valence-electron chi connectivity index (χ3n) is 5.89. The van der Waals surface area contributed by atoms with Crippen molar-refractivity contribution in [3.8, 4) is 23.3 Å². The minimum Gasteiger partial charge on any atom is -0.454 e. The van der Waals surface area contributed by atoms with Crippen molar-refractivity contribution >= 4 is 0 Å². The lowest BCUT2D eigenvalue weighted by molar-refractivity contribution is 0.174. The van der Waals surface area contributed by atoms with Gasteiger partial charge in [-0.15, -0.1) is 0 Å². The summed E-state index contributed by atoms with van der Waals surface area (Å²) in [7, 11) is 0. The number of ether oxygens (including phenoxy) is 3. The van der Waals surface area contributed by atoms with Crippen molar-refractivity contribution in [2.45, 2.75) is 25.8 Å². The molecule has 0 saturated heterocycles. The van der Waals surface area contributed by atoms with Crippen molar-refractivity contribution in [2.75, 3.05) is 6.79 Å². The van der Waals surface area contributed by atoms with Crippen LogP contribution >= 0.6 is 0 Å². The van der Waals surface area contributed by atoms with Gasteiger partial charge in [-0.3, -0.25) is 4.79 Å². The standard InChI is InChI=1S/C25H21N3O4/c1-15-11-21-23(25(29)28(15)10-9-16-5-3-2-4-6-16)22(18(13-26)24(27)32-21)17-7-8-19-20(12-17)31-14-30-19/h2-8,11-12,22H,9-10,14,27H2,1H3/t22-/m0/s1. The summed E-state index contributed by atoms with van der Waals surface area (Å²) in [6.45, 7) is 2.51. The van der Waals surface area contributed by atoms with Gasteiger partial charge in [0.2, 0.25) is 12.7 Å². The Kier molecular flexibility index (Phi) is 4.83. The molecule has 7 nitrogen and oxygen atoms in total. The number of hydrogen-bond acceptors (Lipinski definition) is 6. The summed E-state index contributed by atoms with van der Waals surface area (Å²) in [6, 6.07) is 19.3. The molecule has 3 aromatic rings. The second-order valence-electron chi connectivity index (χ2n) is 7.79. The highest BCUT2D eigenvalue weighted by molar-refractivity contribution is 5.57. The Labute approximate surface area is 184 Å². The molecule has 2 N–H and O–H groups in total. The maximum absolute atomic E-state index is 13.7. The molecule has 0 amide bonds. The van der Waals surface area contributed by atoms with E-state index in [-0.39, 0.29) is 23.8 Å². The number of aromatic nitrogens is 1. The summed E-state index contributed by atoms with van der Waals surface area (Å²) in [5, 5.41) is 9.85. The first-order valence-corrected chi connectivity index (χ1v) is 10.3. The number of rotatable bonds is 4. The van der Waals surface area contributed by atoms with E-state index >= 15 is 0 Å². The molecule has 32 heavy (non-hydrogen) atoms. The zero-order valence-electron chi connectivity index (χ0n) is 17.5. The highest BCUT2D eigenvalue weighted by Crippen LogP contribution is 2.43. The third kappa shape index (κ3) is 3.26. The molecule has 1 aromatic heterocycles. The summed E-state index contributed by atoms with van der Waals surface area (Å²) in [5.74, 6) is 0.920. The van der Waals surface area contributed by atoms with Crippen molar-refractivity contribution in [1.29, 1.82) is 5.26 Å². The molecular weight excluding hydrogens is 406 g/mol. The van der Waals surface area contributed by atoms with Crippen LogP contribution in [-0.4, -0.2) is 11.4 Å². The maximum Gasteiger partial charge on any atom is 0.258 e. The Hall–Kier alpha value is -4.18. The fourth-order valence-corrected chi connectivity index (χ4v) is 4.28. The van der Waals surface area contributed by atoms with Crippen LogP contribution in [0.25, 0.3) is 0 Å². The average Bonchev–Trinajstić information content (AvgIpc) is 3.26. The van der Waals surface area contributed by atoms with Crippen molar-refractivity contribution in [2.24, 2.45) is 5.73 Å². The predicted octanol–water partition coefficient (Wildman–Crippen LogP) is 3.35. The van der Waals surface area contributed by atoms with Gasteiger partial charge in [-0.05, 0) is 36.6 Å². The second-order valence-corrected chi connectivity index (χ2v) is 7.79. The monoisotopic (exact) mass is 427 g/mol. The van der Waals surface area contributed by atoms with Crippen LogP contribution in [0.1, 0.15) is 28.3 Å². The van der Waals surface area contributed by atoms with E-state index in [9.17, 15) is 10.1 Å². The number of hydrogen-bond donors (Lipinski definition) is 1. The number of benzene rings is 2. The number of nitrogens with zero attached hydrogens (tertiary/aromatic N) is 2. The highest BCUT2D eigenvalue weighted by Gasteiger charge is 2.35. The predicted molar refractivity (Wildman–Crippen MR) is 117 cm³/mol. The molecule has 0 saturated carbocycles. The Morgan fingerprint density at radius 3 is 2.66 bits per heavy atom. The van der Waals surface area contributed by atoms with Crippen LogP contribution in [0, 0.1) is 18.3 Å². The summed E-state index contributed by atoms with van der Waals surface area (Å²) < 4.78 is 18.4. The molecule has 0 aliphatic carbocycles. The van der Waals surface area contributed by atoms with Crippen LogP contribution in [0.4, 0.5) is 0 Å². The van der Waals surface area contributed by atoms with Gasteiger partial charge in [-0.25, -0.2) is 0 Å². The second kappa shape index (κ2) is 7.82. The fourth-order valence-electron chi connectivity index (χ4n) is 4.28. The normalized spacial score (nSPS) is 16.3. The minimum atomic E-state index is -0.658. The molecule has 0 spiro atoms. The smallest absolute Gasteiger partial charge is 0.258 e. The van der Waals surface area contributed by atoms with Gasteiger partial charge in [0, 0.05) is 18.3 Å². The van der Waals surface area contributed by atoms with Crippen molar-refractivity contribution in [3.05, 3.63) is 98.8 Å². The van der Waals surface area contributed by atoms with E-state index in [1.165, 1.54) is 0 Å². The lowest BCUT2D eigenvalue weighted by Gasteiger charge is -2.27. The minimum absolute atomic E-state index is 0.00324. The Morgan fingerprint density at radius 1 is 1.09 bits per heavy atom. The quantitative estimate of drug-likeness (QED) is 0.686. The van der Waals surface area contributed by atoms with Gasteiger partial charge in [0.05, 0.1) is 11.5 Å². The molecule has 3 heterocycles. The molecule has 2 aromatic carbocycles. The molecular formula is C25H21N3O4. The van der Waals surface area contributed by atoms with Crippen LogP contribution in [0.2, 0.25) is 0 Å². The number of pyridine rings is 1. The average molecular weight is 427 g/mol. The number of fused-ring (bicyclic) bond motifs is 2. The summed E-state index contributed by atoms with van der Waals surface area (Å²) in [5.41, 5.74) is 9.11. The third-order valence-corrected chi connectivity index (χ3v) is 5.89. The van der Waals surface area contributed by atoms with Gasteiger partial charge in [0.1, 0.15) is 17.4 Å². The first-order chi connectivity index (χ1) is 15.6. The van der Waals surface area contributed by atoms with Gasteiger partial charge in [-0.2, -0.15) is 5.26 Å². The SMILES string of the molecule is Cc1cc2c(c(=O)n1CCc1ccccc1)[C@@H](c1ccc3c(c1)OCO3)C(C#N)=C(N)O2. The molecule has 160 valence electrons. The molecule has 0 fully saturated rings. The lowest BCUT2D eigenvalue weighted by Crippen LogP contribution is -2.33. The molecule has 0 bridgehead atoms. The van der Waals surface area contributed by atoms with E-state index < -0.39 is 5.92 Å². The highest BCUT2D eigenvalue weighted by atomic mass is 16.7. The van der Waals surface area contributed by atoms with Gasteiger partial charge < -0.3 is 24.5 Å². The number of aryl methyl sites for hydroxylation is 2. The lowest BCUT2D eigenvalue weighted by atomic mass is 9.84. The van der Waals surface area contributed by atoms with Gasteiger partial charge >= 0.3 is 0 Å². The fraction of sp³-hybridized carbons (Fsp3) is 0.200. The molecule has 1 atom stereocenters. The molecule has 0 radical (unpaired) electrons. The van der Waals surface area contributed by atoms with Crippen molar-refractivity contribution < 1.29 is 14.2 Å². The number of allylic oxidation sites excluding steroid dienone is 1. The first kappa shape index (κ1) is 19.8. The summed E-state index contributed by atoms with van der Waals surface area (Å²) in [6.07, 6.45) is 0.707. The molecule has 7 heteroatoms. The van der Waals surface area contributed by atoms with Gasteiger partial charge in [-0.1, -0.05) is 36.4 Å². The number of nitriles is 1. The van der Waals surface area contributed by atoms with Crippen LogP contribution in [0.15, 0.2) is 70.8 Å². The van der Waals surface area contributed by atoms with E-state index in [1.807, 2.05) is 49.4 Å². The largest absolute Gasteiger partial charge is 0.454 e. The molecule has 5 rings (SSSR count). The van der Waals surface area contributed by atoms with Crippen molar-refractivity contribution in [3.63, 3.8) is 0 Å². The summed E-state index contributed by atoms with van der Waals surface area (Å²) >= 11 is 0. The Morgan fingerprint density at radius 2 is 1.88 bits per heavy atom. The Balaban J connectivity index is 1.62. The van der Waals surface area contributed by atoms with Gasteiger partial charge in [0.15, 0.2) is 11.5 Å². The molecule has 2 aliphatic rings. The van der Waals surface area contributed by atoms with E-state index in [0.29, 0.717) is 41.3 Å². The zero-order valence-corrected chi connectivity index (χ0v) is 17.5. The van der Waals surface area contributed by atoms with Crippen LogP contribution in [-0.2, 0) is 13.0 Å². The van der Waals surface area contributed by atoms with Gasteiger partial charge in [0.25, 0.3) is 5.56 Å². The van der Waals surface area contributed by atoms with E-state index in [1.54, 1.807) is 16.7 Å². The van der Waals surface area contributed by atoms with E-state index in [0.717, 1.165) is 11.3 Å². The van der Waals surface area contributed by atoms with E-state index in [2.05, 4.69) is 6.07 Å².